The lowest BCUT2D eigenvalue weighted by Crippen LogP contribution is -2.41. The van der Waals surface area contributed by atoms with E-state index in [1.807, 2.05) is 0 Å². The molecule has 0 N–H and O–H groups in total. The second-order valence-corrected chi connectivity index (χ2v) is 9.77. The maximum atomic E-state index is 5.94. The van der Waals surface area contributed by atoms with E-state index in [1.165, 1.54) is 14.2 Å². The number of ether oxygens (including phenoxy) is 3. The zero-order valence-electron chi connectivity index (χ0n) is 11.6. The van der Waals surface area contributed by atoms with Gasteiger partial charge in [0.05, 0.1) is 21.3 Å². The minimum Gasteiger partial charge on any atom is -0.514 e. The van der Waals surface area contributed by atoms with Gasteiger partial charge in [0.2, 0.25) is 0 Å². The molecular formula is C11H24O4Si. The van der Waals surface area contributed by atoms with E-state index in [1.54, 1.807) is 7.11 Å². The molecule has 0 fully saturated rings. The fourth-order valence-corrected chi connectivity index (χ4v) is 1.74. The van der Waals surface area contributed by atoms with Crippen LogP contribution in [0.5, 0.6) is 0 Å². The molecule has 0 unspecified atom stereocenters. The molecule has 0 radical (unpaired) electrons. The van der Waals surface area contributed by atoms with E-state index in [4.69, 9.17) is 18.6 Å². The van der Waals surface area contributed by atoms with Crippen LogP contribution >= 0.6 is 0 Å². The van der Waals surface area contributed by atoms with Crippen molar-refractivity contribution >= 4 is 8.32 Å². The van der Waals surface area contributed by atoms with Gasteiger partial charge in [-0.2, -0.15) is 0 Å². The summed E-state index contributed by atoms with van der Waals surface area (Å²) in [7, 11) is 2.66. The van der Waals surface area contributed by atoms with Crippen molar-refractivity contribution in [1.82, 2.24) is 0 Å². The molecule has 0 saturated carbocycles. The average Bonchev–Trinajstić information content (AvgIpc) is 2.16. The molecule has 0 aliphatic heterocycles. The van der Waals surface area contributed by atoms with Gasteiger partial charge in [0, 0.05) is 0 Å². The molecule has 0 amide bonds. The van der Waals surface area contributed by atoms with Crippen LogP contribution in [0.15, 0.2) is 11.9 Å². The highest BCUT2D eigenvalue weighted by atomic mass is 28.4. The largest absolute Gasteiger partial charge is 0.514 e. The number of methoxy groups -OCH3 is 3. The van der Waals surface area contributed by atoms with E-state index in [0.717, 1.165) is 0 Å². The van der Waals surface area contributed by atoms with E-state index < -0.39 is 8.32 Å². The Labute approximate surface area is 99.7 Å². The highest BCUT2D eigenvalue weighted by Crippen LogP contribution is 2.38. The summed E-state index contributed by atoms with van der Waals surface area (Å²) in [4.78, 5) is 0. The Morgan fingerprint density at radius 1 is 0.812 bits per heavy atom. The number of hydrogen-bond donors (Lipinski definition) is 0. The van der Waals surface area contributed by atoms with Crippen molar-refractivity contribution in [2.24, 2.45) is 0 Å². The summed E-state index contributed by atoms with van der Waals surface area (Å²) in [5.41, 5.74) is 0. The first-order valence-electron chi connectivity index (χ1n) is 5.25. The SMILES string of the molecule is COC(OC)=C(OC)O[Si](C)(C)C(C)(C)C. The van der Waals surface area contributed by atoms with Gasteiger partial charge in [-0.25, -0.2) is 0 Å². The summed E-state index contributed by atoms with van der Waals surface area (Å²) >= 11 is 0. The summed E-state index contributed by atoms with van der Waals surface area (Å²) in [5, 5.41) is 0.101. The fraction of sp³-hybridized carbons (Fsp3) is 0.818. The van der Waals surface area contributed by atoms with Crippen molar-refractivity contribution in [3.05, 3.63) is 11.9 Å². The van der Waals surface area contributed by atoms with Gasteiger partial charge in [0.15, 0.2) is 0 Å². The van der Waals surface area contributed by atoms with Crippen molar-refractivity contribution < 1.29 is 18.6 Å². The molecule has 96 valence electrons. The van der Waals surface area contributed by atoms with E-state index in [-0.39, 0.29) is 11.0 Å². The van der Waals surface area contributed by atoms with Gasteiger partial charge in [0.25, 0.3) is 8.32 Å². The van der Waals surface area contributed by atoms with Gasteiger partial charge >= 0.3 is 11.9 Å². The monoisotopic (exact) mass is 248 g/mol. The molecule has 0 aromatic heterocycles. The van der Waals surface area contributed by atoms with Crippen LogP contribution in [0.1, 0.15) is 20.8 Å². The number of hydrogen-bond acceptors (Lipinski definition) is 4. The maximum absolute atomic E-state index is 5.94. The van der Waals surface area contributed by atoms with Crippen LogP contribution in [0.2, 0.25) is 18.1 Å². The van der Waals surface area contributed by atoms with E-state index >= 15 is 0 Å². The first-order valence-corrected chi connectivity index (χ1v) is 8.15. The first-order chi connectivity index (χ1) is 7.19. The molecule has 0 rings (SSSR count). The molecule has 0 aromatic carbocycles. The second kappa shape index (κ2) is 5.47. The highest BCUT2D eigenvalue weighted by molar-refractivity contribution is 6.74. The van der Waals surface area contributed by atoms with E-state index in [2.05, 4.69) is 33.9 Å². The maximum Gasteiger partial charge on any atom is 0.362 e. The Hall–Kier alpha value is -0.843. The zero-order chi connectivity index (χ0) is 13.0. The molecule has 0 heterocycles. The van der Waals surface area contributed by atoms with Crippen LogP contribution < -0.4 is 0 Å². The van der Waals surface area contributed by atoms with Crippen LogP contribution in [0.25, 0.3) is 0 Å². The lowest BCUT2D eigenvalue weighted by molar-refractivity contribution is 0.0264. The van der Waals surface area contributed by atoms with Crippen molar-refractivity contribution in [2.75, 3.05) is 21.3 Å². The van der Waals surface area contributed by atoms with Crippen molar-refractivity contribution in [3.8, 4) is 0 Å². The Morgan fingerprint density at radius 2 is 1.19 bits per heavy atom. The van der Waals surface area contributed by atoms with Gasteiger partial charge in [0.1, 0.15) is 0 Å². The van der Waals surface area contributed by atoms with Crippen LogP contribution in [-0.2, 0) is 18.6 Å². The fourth-order valence-electron chi connectivity index (χ4n) is 0.802. The molecule has 16 heavy (non-hydrogen) atoms. The smallest absolute Gasteiger partial charge is 0.362 e. The predicted octanol–water partition coefficient (Wildman–Crippen LogP) is 3.07. The quantitative estimate of drug-likeness (QED) is 0.553. The Kier molecular flexibility index (Phi) is 5.19. The summed E-state index contributed by atoms with van der Waals surface area (Å²) in [6, 6.07) is 0. The van der Waals surface area contributed by atoms with Crippen molar-refractivity contribution in [3.63, 3.8) is 0 Å². The minimum absolute atomic E-state index is 0.101. The molecule has 0 saturated heterocycles. The molecule has 0 atom stereocenters. The lowest BCUT2D eigenvalue weighted by Gasteiger charge is -2.36. The van der Waals surface area contributed by atoms with Gasteiger partial charge in [-0.1, -0.05) is 20.8 Å². The lowest BCUT2D eigenvalue weighted by atomic mass is 10.2. The van der Waals surface area contributed by atoms with Gasteiger partial charge in [-0.05, 0) is 18.1 Å². The van der Waals surface area contributed by atoms with Crippen LogP contribution in [0.4, 0.5) is 0 Å². The molecule has 4 nitrogen and oxygen atoms in total. The minimum atomic E-state index is -1.93. The Bertz CT molecular complexity index is 247. The van der Waals surface area contributed by atoms with E-state index in [0.29, 0.717) is 5.95 Å². The highest BCUT2D eigenvalue weighted by Gasteiger charge is 2.40. The third kappa shape index (κ3) is 3.63. The molecular weight excluding hydrogens is 224 g/mol. The summed E-state index contributed by atoms with van der Waals surface area (Å²) < 4.78 is 21.2. The summed E-state index contributed by atoms with van der Waals surface area (Å²) in [5.74, 6) is 0.587. The van der Waals surface area contributed by atoms with Gasteiger partial charge < -0.3 is 18.6 Å². The normalized spacial score (nSPS) is 11.8. The number of rotatable bonds is 5. The van der Waals surface area contributed by atoms with Gasteiger partial charge in [-0.15, -0.1) is 0 Å². The average molecular weight is 248 g/mol. The summed E-state index contributed by atoms with van der Waals surface area (Å²) in [6.07, 6.45) is 0. The zero-order valence-corrected chi connectivity index (χ0v) is 12.6. The van der Waals surface area contributed by atoms with Gasteiger partial charge in [-0.3, -0.25) is 0 Å². The van der Waals surface area contributed by atoms with Crippen LogP contribution in [0, 0.1) is 0 Å². The standard InChI is InChI=1S/C11H24O4Si/c1-11(2,3)16(7,8)15-10(14-6)9(12-4)13-5/h1-8H3. The van der Waals surface area contributed by atoms with Crippen LogP contribution in [-0.4, -0.2) is 29.6 Å². The third-order valence-electron chi connectivity index (χ3n) is 2.88. The first kappa shape index (κ1) is 15.2. The second-order valence-electron chi connectivity index (χ2n) is 5.05. The molecule has 0 spiro atoms. The Balaban J connectivity index is 5.00. The molecule has 5 heteroatoms. The topological polar surface area (TPSA) is 36.9 Å². The predicted molar refractivity (Wildman–Crippen MR) is 66.3 cm³/mol. The summed E-state index contributed by atoms with van der Waals surface area (Å²) in [6.45, 7) is 10.7. The van der Waals surface area contributed by atoms with Crippen LogP contribution in [0.3, 0.4) is 0 Å². The molecule has 0 aliphatic rings. The molecule has 0 aromatic rings. The molecule has 0 bridgehead atoms. The van der Waals surface area contributed by atoms with E-state index in [9.17, 15) is 0 Å². The Morgan fingerprint density at radius 3 is 1.44 bits per heavy atom. The molecule has 0 aliphatic carbocycles. The van der Waals surface area contributed by atoms with Crippen molar-refractivity contribution in [2.45, 2.75) is 38.9 Å². The van der Waals surface area contributed by atoms with Crippen molar-refractivity contribution in [1.29, 1.82) is 0 Å². The third-order valence-corrected chi connectivity index (χ3v) is 7.18.